The molecule has 0 aromatic heterocycles. The number of halogens is 3. The average Bonchev–Trinajstić information content (AvgIpc) is 2.94. The predicted molar refractivity (Wildman–Crippen MR) is 81.2 cm³/mol. The molecule has 2 N–H and O–H groups in total. The van der Waals surface area contributed by atoms with Crippen LogP contribution in [0.25, 0.3) is 0 Å². The number of alkyl halides is 3. The number of para-hydroxylation sites is 1. The van der Waals surface area contributed by atoms with Crippen LogP contribution in [0.4, 0.5) is 23.7 Å². The summed E-state index contributed by atoms with van der Waals surface area (Å²) in [4.78, 5) is 14.5. The molecule has 0 unspecified atom stereocenters. The number of anilines is 1. The Labute approximate surface area is 133 Å². The molecule has 0 radical (unpaired) electrons. The molecule has 0 saturated carbocycles. The van der Waals surface area contributed by atoms with Crippen molar-refractivity contribution in [1.82, 2.24) is 10.2 Å². The van der Waals surface area contributed by atoms with Crippen LogP contribution in [-0.2, 0) is 6.18 Å². The predicted octanol–water partition coefficient (Wildman–Crippen LogP) is 3.45. The Morgan fingerprint density at radius 2 is 1.96 bits per heavy atom. The minimum Gasteiger partial charge on any atom is -0.335 e. The molecule has 1 aromatic rings. The van der Waals surface area contributed by atoms with Crippen LogP contribution in [-0.4, -0.2) is 36.1 Å². The number of nitrogens with zero attached hydrogens (tertiary/aromatic N) is 1. The first-order valence-corrected chi connectivity index (χ1v) is 7.91. The number of nitrogens with one attached hydrogen (secondary N) is 2. The van der Waals surface area contributed by atoms with Crippen LogP contribution in [0.1, 0.15) is 31.2 Å². The summed E-state index contributed by atoms with van der Waals surface area (Å²) in [6.07, 6.45) is -0.461. The SMILES string of the molecule is O=C(Nc1ccccc1C(F)(F)F)N[C@H]1CCN2CCC[C@@H]2C1. The van der Waals surface area contributed by atoms with Gasteiger partial charge in [-0.25, -0.2) is 4.79 Å². The van der Waals surface area contributed by atoms with E-state index in [9.17, 15) is 18.0 Å². The molecule has 0 bridgehead atoms. The third-order valence-corrected chi connectivity index (χ3v) is 4.64. The van der Waals surface area contributed by atoms with Crippen molar-refractivity contribution in [2.45, 2.75) is 43.9 Å². The second-order valence-corrected chi connectivity index (χ2v) is 6.20. The van der Waals surface area contributed by atoms with Crippen molar-refractivity contribution in [3.05, 3.63) is 29.8 Å². The van der Waals surface area contributed by atoms with E-state index in [1.165, 1.54) is 24.6 Å². The van der Waals surface area contributed by atoms with Crippen LogP contribution >= 0.6 is 0 Å². The lowest BCUT2D eigenvalue weighted by Gasteiger charge is -2.35. The monoisotopic (exact) mass is 327 g/mol. The largest absolute Gasteiger partial charge is 0.418 e. The van der Waals surface area contributed by atoms with Crippen molar-refractivity contribution in [3.8, 4) is 0 Å². The van der Waals surface area contributed by atoms with E-state index in [-0.39, 0.29) is 11.7 Å². The number of piperidine rings is 1. The van der Waals surface area contributed by atoms with Gasteiger partial charge in [-0.1, -0.05) is 12.1 Å². The van der Waals surface area contributed by atoms with Crippen molar-refractivity contribution in [2.24, 2.45) is 0 Å². The Morgan fingerprint density at radius 1 is 1.17 bits per heavy atom. The molecule has 126 valence electrons. The molecule has 1 aromatic carbocycles. The van der Waals surface area contributed by atoms with Crippen LogP contribution in [0.5, 0.6) is 0 Å². The summed E-state index contributed by atoms with van der Waals surface area (Å²) in [6.45, 7) is 2.05. The van der Waals surface area contributed by atoms with Gasteiger partial charge in [0, 0.05) is 18.6 Å². The molecule has 4 nitrogen and oxygen atoms in total. The second-order valence-electron chi connectivity index (χ2n) is 6.20. The van der Waals surface area contributed by atoms with Crippen molar-refractivity contribution < 1.29 is 18.0 Å². The fourth-order valence-electron chi connectivity index (χ4n) is 3.54. The first kappa shape index (κ1) is 16.1. The summed E-state index contributed by atoms with van der Waals surface area (Å²) in [6, 6.07) is 4.96. The Hall–Kier alpha value is -1.76. The van der Waals surface area contributed by atoms with E-state index >= 15 is 0 Å². The van der Waals surface area contributed by atoms with Crippen LogP contribution in [0.3, 0.4) is 0 Å². The molecule has 2 atom stereocenters. The van der Waals surface area contributed by atoms with E-state index in [4.69, 9.17) is 0 Å². The van der Waals surface area contributed by atoms with Gasteiger partial charge in [0.15, 0.2) is 0 Å². The van der Waals surface area contributed by atoms with Gasteiger partial charge in [0.25, 0.3) is 0 Å². The van der Waals surface area contributed by atoms with E-state index in [1.54, 1.807) is 0 Å². The summed E-state index contributed by atoms with van der Waals surface area (Å²) >= 11 is 0. The number of carbonyl (C=O) groups is 1. The molecule has 7 heteroatoms. The Kier molecular flexibility index (Phi) is 4.48. The standard InChI is InChI=1S/C16H20F3N3O/c17-16(18,19)13-5-1-2-6-14(13)21-15(23)20-11-7-9-22-8-3-4-12(22)10-11/h1-2,5-6,11-12H,3-4,7-10H2,(H2,20,21,23)/t11-,12+/m0/s1. The van der Waals surface area contributed by atoms with Gasteiger partial charge in [-0.2, -0.15) is 13.2 Å². The van der Waals surface area contributed by atoms with Crippen LogP contribution < -0.4 is 10.6 Å². The molecular weight excluding hydrogens is 307 g/mol. The van der Waals surface area contributed by atoms with Crippen LogP contribution in [0.2, 0.25) is 0 Å². The van der Waals surface area contributed by atoms with Gasteiger partial charge < -0.3 is 15.5 Å². The first-order valence-electron chi connectivity index (χ1n) is 7.91. The molecule has 0 aliphatic carbocycles. The third kappa shape index (κ3) is 3.77. The van der Waals surface area contributed by atoms with Gasteiger partial charge in [-0.15, -0.1) is 0 Å². The smallest absolute Gasteiger partial charge is 0.335 e. The highest BCUT2D eigenvalue weighted by Crippen LogP contribution is 2.34. The maximum Gasteiger partial charge on any atom is 0.418 e. The highest BCUT2D eigenvalue weighted by Gasteiger charge is 2.34. The lowest BCUT2D eigenvalue weighted by molar-refractivity contribution is -0.136. The topological polar surface area (TPSA) is 44.4 Å². The summed E-state index contributed by atoms with van der Waals surface area (Å²) in [5, 5.41) is 5.15. The fraction of sp³-hybridized carbons (Fsp3) is 0.562. The van der Waals surface area contributed by atoms with Gasteiger partial charge in [-0.05, 0) is 44.4 Å². The Morgan fingerprint density at radius 3 is 2.74 bits per heavy atom. The quantitative estimate of drug-likeness (QED) is 0.874. The lowest BCUT2D eigenvalue weighted by atomic mass is 9.98. The fourth-order valence-corrected chi connectivity index (χ4v) is 3.54. The van der Waals surface area contributed by atoms with Crippen molar-refractivity contribution in [1.29, 1.82) is 0 Å². The summed E-state index contributed by atoms with van der Waals surface area (Å²) in [5.74, 6) is 0. The highest BCUT2D eigenvalue weighted by molar-refractivity contribution is 5.90. The van der Waals surface area contributed by atoms with Crippen molar-refractivity contribution in [3.63, 3.8) is 0 Å². The zero-order chi connectivity index (χ0) is 16.4. The average molecular weight is 327 g/mol. The van der Waals surface area contributed by atoms with Gasteiger partial charge in [0.05, 0.1) is 11.3 Å². The molecule has 0 spiro atoms. The molecule has 2 heterocycles. The molecular formula is C16H20F3N3O. The van der Waals surface area contributed by atoms with Crippen molar-refractivity contribution >= 4 is 11.7 Å². The van der Waals surface area contributed by atoms with Gasteiger partial charge in [0.2, 0.25) is 0 Å². The second kappa shape index (κ2) is 6.39. The Bertz CT molecular complexity index is 576. The number of amides is 2. The number of hydrogen-bond donors (Lipinski definition) is 2. The normalized spacial score (nSPS) is 25.0. The Balaban J connectivity index is 1.60. The van der Waals surface area contributed by atoms with E-state index in [2.05, 4.69) is 15.5 Å². The summed E-state index contributed by atoms with van der Waals surface area (Å²) in [5.41, 5.74) is -1.04. The van der Waals surface area contributed by atoms with E-state index < -0.39 is 17.8 Å². The number of rotatable bonds is 2. The van der Waals surface area contributed by atoms with Gasteiger partial charge in [0.1, 0.15) is 0 Å². The molecule has 2 amide bonds. The molecule has 2 aliphatic rings. The van der Waals surface area contributed by atoms with E-state index in [1.807, 2.05) is 0 Å². The zero-order valence-electron chi connectivity index (χ0n) is 12.7. The maximum atomic E-state index is 12.9. The van der Waals surface area contributed by atoms with Crippen molar-refractivity contribution in [2.75, 3.05) is 18.4 Å². The summed E-state index contributed by atoms with van der Waals surface area (Å²) in [7, 11) is 0. The summed E-state index contributed by atoms with van der Waals surface area (Å²) < 4.78 is 38.8. The third-order valence-electron chi connectivity index (χ3n) is 4.64. The first-order chi connectivity index (χ1) is 10.9. The number of hydrogen-bond acceptors (Lipinski definition) is 2. The molecule has 2 aliphatic heterocycles. The lowest BCUT2D eigenvalue weighted by Crippen LogP contribution is -2.48. The minimum atomic E-state index is -4.49. The van der Waals surface area contributed by atoms with Crippen LogP contribution in [0, 0.1) is 0 Å². The molecule has 2 saturated heterocycles. The number of benzene rings is 1. The van der Waals surface area contributed by atoms with Crippen LogP contribution in [0.15, 0.2) is 24.3 Å². The van der Waals surface area contributed by atoms with Gasteiger partial charge >= 0.3 is 12.2 Å². The van der Waals surface area contributed by atoms with E-state index in [0.29, 0.717) is 6.04 Å². The minimum absolute atomic E-state index is 0.0207. The number of carbonyl (C=O) groups excluding carboxylic acids is 1. The number of fused-ring (bicyclic) bond motifs is 1. The van der Waals surface area contributed by atoms with Gasteiger partial charge in [-0.3, -0.25) is 0 Å². The highest BCUT2D eigenvalue weighted by atomic mass is 19.4. The van der Waals surface area contributed by atoms with E-state index in [0.717, 1.165) is 38.4 Å². The molecule has 23 heavy (non-hydrogen) atoms. The molecule has 3 rings (SSSR count). The molecule has 2 fully saturated rings. The zero-order valence-corrected chi connectivity index (χ0v) is 12.7. The number of urea groups is 1. The maximum absolute atomic E-state index is 12.9.